The molecule has 0 atom stereocenters. The molecule has 124 valence electrons. The van der Waals surface area contributed by atoms with Gasteiger partial charge >= 0.3 is 0 Å². The number of nitrogens with zero attached hydrogens (tertiary/aromatic N) is 2. The van der Waals surface area contributed by atoms with E-state index in [-0.39, 0.29) is 17.9 Å². The topological polar surface area (TPSA) is 104 Å². The number of anilines is 1. The van der Waals surface area contributed by atoms with Crippen LogP contribution in [0.2, 0.25) is 0 Å². The number of amides is 1. The number of carbonyl (C=O) groups is 1. The Labute approximate surface area is 142 Å². The Hall–Kier alpha value is -2.61. The highest BCUT2D eigenvalue weighted by Crippen LogP contribution is 2.14. The Morgan fingerprint density at radius 2 is 2.04 bits per heavy atom. The molecule has 0 saturated heterocycles. The molecule has 1 amide bonds. The standard InChI is InChI=1S/C16H17N5O2S/c1-9-10(14(23)21-16(17-9)24-2)7-8-13(22)20-15-18-11-5-3-4-6-12(11)19-15/h3-6H,7-8H2,1-2H3,(H,17,21,23)(H2,18,19,20,22). The van der Waals surface area contributed by atoms with Gasteiger partial charge in [-0.25, -0.2) is 9.97 Å². The normalized spacial score (nSPS) is 10.9. The fourth-order valence-corrected chi connectivity index (χ4v) is 2.84. The molecule has 0 aliphatic rings. The molecule has 0 radical (unpaired) electrons. The molecule has 24 heavy (non-hydrogen) atoms. The first-order valence-electron chi connectivity index (χ1n) is 7.45. The predicted octanol–water partition coefficient (Wildman–Crippen LogP) is 2.25. The lowest BCUT2D eigenvalue weighted by molar-refractivity contribution is -0.116. The molecular formula is C16H17N5O2S. The van der Waals surface area contributed by atoms with E-state index in [4.69, 9.17) is 0 Å². The summed E-state index contributed by atoms with van der Waals surface area (Å²) in [5.74, 6) is 0.199. The number of carbonyl (C=O) groups excluding carboxylic acids is 1. The van der Waals surface area contributed by atoms with E-state index in [1.807, 2.05) is 30.5 Å². The largest absolute Gasteiger partial charge is 0.324 e. The first-order valence-corrected chi connectivity index (χ1v) is 8.67. The average Bonchev–Trinajstić information content (AvgIpc) is 2.95. The van der Waals surface area contributed by atoms with Crippen molar-refractivity contribution in [1.82, 2.24) is 19.9 Å². The fourth-order valence-electron chi connectivity index (χ4n) is 2.42. The van der Waals surface area contributed by atoms with Gasteiger partial charge in [-0.3, -0.25) is 14.9 Å². The average molecular weight is 343 g/mol. The molecular weight excluding hydrogens is 326 g/mol. The van der Waals surface area contributed by atoms with Gasteiger partial charge in [0.25, 0.3) is 5.56 Å². The van der Waals surface area contributed by atoms with E-state index in [1.54, 1.807) is 6.92 Å². The number of benzene rings is 1. The molecule has 7 nitrogen and oxygen atoms in total. The van der Waals surface area contributed by atoms with Gasteiger partial charge in [-0.05, 0) is 31.7 Å². The molecule has 0 fully saturated rings. The van der Waals surface area contributed by atoms with Gasteiger partial charge in [0.2, 0.25) is 11.9 Å². The van der Waals surface area contributed by atoms with Crippen LogP contribution in [0.25, 0.3) is 11.0 Å². The molecule has 1 aromatic carbocycles. The Morgan fingerprint density at radius 3 is 2.75 bits per heavy atom. The number of thioether (sulfide) groups is 1. The maximum Gasteiger partial charge on any atom is 0.254 e. The molecule has 8 heteroatoms. The Bertz CT molecular complexity index is 914. The predicted molar refractivity (Wildman–Crippen MR) is 94.4 cm³/mol. The van der Waals surface area contributed by atoms with Crippen LogP contribution in [0, 0.1) is 6.92 Å². The third-order valence-corrected chi connectivity index (χ3v) is 4.22. The number of imidazole rings is 1. The van der Waals surface area contributed by atoms with Crippen molar-refractivity contribution >= 4 is 34.7 Å². The zero-order valence-electron chi connectivity index (χ0n) is 13.3. The van der Waals surface area contributed by atoms with Gasteiger partial charge in [0, 0.05) is 17.7 Å². The van der Waals surface area contributed by atoms with Crippen LogP contribution in [0.3, 0.4) is 0 Å². The highest BCUT2D eigenvalue weighted by atomic mass is 32.2. The van der Waals surface area contributed by atoms with Crippen LogP contribution < -0.4 is 10.9 Å². The number of aromatic nitrogens is 4. The maximum atomic E-state index is 12.1. The number of hydrogen-bond acceptors (Lipinski definition) is 5. The number of fused-ring (bicyclic) bond motifs is 1. The minimum Gasteiger partial charge on any atom is -0.324 e. The third kappa shape index (κ3) is 3.48. The van der Waals surface area contributed by atoms with Crippen LogP contribution in [-0.4, -0.2) is 32.1 Å². The Morgan fingerprint density at radius 1 is 1.25 bits per heavy atom. The van der Waals surface area contributed by atoms with E-state index in [2.05, 4.69) is 25.3 Å². The van der Waals surface area contributed by atoms with E-state index in [0.29, 0.717) is 28.8 Å². The number of aryl methyl sites for hydroxylation is 1. The Balaban J connectivity index is 1.66. The second kappa shape index (κ2) is 6.88. The highest BCUT2D eigenvalue weighted by molar-refractivity contribution is 7.98. The lowest BCUT2D eigenvalue weighted by atomic mass is 10.1. The first kappa shape index (κ1) is 16.3. The van der Waals surface area contributed by atoms with E-state index in [1.165, 1.54) is 11.8 Å². The second-order valence-electron chi connectivity index (χ2n) is 5.29. The first-order chi connectivity index (χ1) is 11.6. The van der Waals surface area contributed by atoms with E-state index in [0.717, 1.165) is 11.0 Å². The van der Waals surface area contributed by atoms with Gasteiger partial charge in [0.15, 0.2) is 5.16 Å². The van der Waals surface area contributed by atoms with Crippen molar-refractivity contribution < 1.29 is 4.79 Å². The molecule has 0 aliphatic heterocycles. The van der Waals surface area contributed by atoms with Crippen LogP contribution >= 0.6 is 11.8 Å². The summed E-state index contributed by atoms with van der Waals surface area (Å²) < 4.78 is 0. The zero-order valence-corrected chi connectivity index (χ0v) is 14.2. The monoisotopic (exact) mass is 343 g/mol. The van der Waals surface area contributed by atoms with E-state index in [9.17, 15) is 9.59 Å². The van der Waals surface area contributed by atoms with E-state index >= 15 is 0 Å². The molecule has 0 spiro atoms. The molecule has 3 rings (SSSR count). The summed E-state index contributed by atoms with van der Waals surface area (Å²) in [4.78, 5) is 38.5. The number of H-pyrrole nitrogens is 2. The third-order valence-electron chi connectivity index (χ3n) is 3.64. The summed E-state index contributed by atoms with van der Waals surface area (Å²) in [5, 5.41) is 3.30. The SMILES string of the molecule is CSc1nc(C)c(CCC(=O)Nc2nc3ccccc3[nH]2)c(=O)[nH]1. The molecule has 0 bridgehead atoms. The molecule has 0 saturated carbocycles. The van der Waals surface area contributed by atoms with Crippen LogP contribution in [0.4, 0.5) is 5.95 Å². The molecule has 0 unspecified atom stereocenters. The van der Waals surface area contributed by atoms with Gasteiger partial charge < -0.3 is 9.97 Å². The van der Waals surface area contributed by atoms with Crippen LogP contribution in [0.5, 0.6) is 0 Å². The molecule has 3 aromatic rings. The summed E-state index contributed by atoms with van der Waals surface area (Å²) in [7, 11) is 0. The number of nitrogens with one attached hydrogen (secondary N) is 3. The summed E-state index contributed by atoms with van der Waals surface area (Å²) in [6.45, 7) is 1.78. The van der Waals surface area contributed by atoms with Crippen molar-refractivity contribution in [2.45, 2.75) is 24.9 Å². The number of hydrogen-bond donors (Lipinski definition) is 3. The lowest BCUT2D eigenvalue weighted by Gasteiger charge is -2.06. The van der Waals surface area contributed by atoms with Gasteiger partial charge in [0.05, 0.1) is 11.0 Å². The van der Waals surface area contributed by atoms with Crippen molar-refractivity contribution in [2.75, 3.05) is 11.6 Å². The van der Waals surface area contributed by atoms with Crippen molar-refractivity contribution in [3.8, 4) is 0 Å². The maximum absolute atomic E-state index is 12.1. The summed E-state index contributed by atoms with van der Waals surface area (Å²) in [6.07, 6.45) is 2.36. The van der Waals surface area contributed by atoms with Crippen LogP contribution in [-0.2, 0) is 11.2 Å². The van der Waals surface area contributed by atoms with Crippen LogP contribution in [0.1, 0.15) is 17.7 Å². The summed E-state index contributed by atoms with van der Waals surface area (Å²) in [6, 6.07) is 7.53. The number of para-hydroxylation sites is 2. The zero-order chi connectivity index (χ0) is 17.1. The van der Waals surface area contributed by atoms with Gasteiger partial charge in [-0.1, -0.05) is 23.9 Å². The minimum absolute atomic E-state index is 0.182. The molecule has 3 N–H and O–H groups in total. The van der Waals surface area contributed by atoms with E-state index < -0.39 is 0 Å². The van der Waals surface area contributed by atoms with Gasteiger partial charge in [-0.2, -0.15) is 0 Å². The quantitative estimate of drug-likeness (QED) is 0.487. The van der Waals surface area contributed by atoms with Crippen molar-refractivity contribution in [3.63, 3.8) is 0 Å². The molecule has 2 aromatic heterocycles. The summed E-state index contributed by atoms with van der Waals surface area (Å²) in [5.41, 5.74) is 2.64. The van der Waals surface area contributed by atoms with Gasteiger partial charge in [-0.15, -0.1) is 0 Å². The fraction of sp³-hybridized carbons (Fsp3) is 0.250. The van der Waals surface area contributed by atoms with Crippen molar-refractivity contribution in [3.05, 3.63) is 45.9 Å². The smallest absolute Gasteiger partial charge is 0.254 e. The second-order valence-corrected chi connectivity index (χ2v) is 6.08. The molecule has 2 heterocycles. The molecule has 0 aliphatic carbocycles. The number of aromatic amines is 2. The Kier molecular flexibility index (Phi) is 4.66. The van der Waals surface area contributed by atoms with Crippen molar-refractivity contribution in [2.24, 2.45) is 0 Å². The van der Waals surface area contributed by atoms with Gasteiger partial charge in [0.1, 0.15) is 0 Å². The lowest BCUT2D eigenvalue weighted by Crippen LogP contribution is -2.20. The van der Waals surface area contributed by atoms with Crippen LogP contribution in [0.15, 0.2) is 34.2 Å². The number of rotatable bonds is 5. The highest BCUT2D eigenvalue weighted by Gasteiger charge is 2.12. The summed E-state index contributed by atoms with van der Waals surface area (Å²) >= 11 is 1.38. The van der Waals surface area contributed by atoms with Crippen molar-refractivity contribution in [1.29, 1.82) is 0 Å². The minimum atomic E-state index is -0.207.